The number of hydrogen-bond acceptors (Lipinski definition) is 4. The van der Waals surface area contributed by atoms with E-state index in [1.54, 1.807) is 27.7 Å². The number of aromatic nitrogens is 2. The molecule has 8 heteroatoms. The van der Waals surface area contributed by atoms with Crippen LogP contribution in [0.15, 0.2) is 70.6 Å². The summed E-state index contributed by atoms with van der Waals surface area (Å²) in [4.78, 5) is 39.7. The molecule has 0 saturated carbocycles. The van der Waals surface area contributed by atoms with Crippen LogP contribution in [0, 0.1) is 5.92 Å². The molecule has 1 amide bonds. The molecule has 0 spiro atoms. The van der Waals surface area contributed by atoms with Crippen LogP contribution in [0.5, 0.6) is 0 Å². The fourth-order valence-corrected chi connectivity index (χ4v) is 5.42. The van der Waals surface area contributed by atoms with Gasteiger partial charge < -0.3 is 15.1 Å². The predicted octanol–water partition coefficient (Wildman–Crippen LogP) is 2.87. The van der Waals surface area contributed by atoms with E-state index < -0.39 is 5.97 Å². The molecule has 2 atom stereocenters. The van der Waals surface area contributed by atoms with Crippen molar-refractivity contribution in [2.45, 2.75) is 44.8 Å². The minimum Gasteiger partial charge on any atom is -0.481 e. The fraction of sp³-hybridized carbons (Fsp3) is 0.370. The van der Waals surface area contributed by atoms with Crippen molar-refractivity contribution >= 4 is 22.9 Å². The third-order valence-corrected chi connectivity index (χ3v) is 7.25. The molecule has 5 rings (SSSR count). The van der Waals surface area contributed by atoms with Crippen molar-refractivity contribution in [3.8, 4) is 0 Å². The number of aliphatic carboxylic acids is 1. The minimum absolute atomic E-state index is 0.0224. The number of hydrogen-bond donors (Lipinski definition) is 2. The first-order valence-electron chi connectivity index (χ1n) is 12.1. The molecule has 1 aromatic carbocycles. The van der Waals surface area contributed by atoms with Gasteiger partial charge in [0.1, 0.15) is 0 Å². The molecule has 2 unspecified atom stereocenters. The van der Waals surface area contributed by atoms with Crippen molar-refractivity contribution in [3.05, 3.63) is 81.8 Å². The van der Waals surface area contributed by atoms with Gasteiger partial charge in [0.05, 0.1) is 30.1 Å². The van der Waals surface area contributed by atoms with Crippen LogP contribution in [0.2, 0.25) is 0 Å². The lowest BCUT2D eigenvalue weighted by Gasteiger charge is -2.25. The third-order valence-electron chi connectivity index (χ3n) is 7.25. The van der Waals surface area contributed by atoms with Crippen LogP contribution in [0.4, 0.5) is 0 Å². The molecule has 1 fully saturated rings. The number of carboxylic acids is 1. The topological polar surface area (TPSA) is 105 Å². The van der Waals surface area contributed by atoms with Gasteiger partial charge in [-0.1, -0.05) is 36.5 Å². The Kier molecular flexibility index (Phi) is 6.30. The average molecular weight is 476 g/mol. The van der Waals surface area contributed by atoms with Crippen LogP contribution in [0.25, 0.3) is 11.0 Å². The van der Waals surface area contributed by atoms with E-state index in [-0.39, 0.29) is 43.1 Å². The lowest BCUT2D eigenvalue weighted by molar-refractivity contribution is -0.137. The number of carbonyl (C=O) groups excluding carboxylic acids is 1. The number of likely N-dealkylation sites (tertiary alicyclic amines) is 1. The summed E-state index contributed by atoms with van der Waals surface area (Å²) in [5.74, 6) is -0.963. The number of benzene rings is 1. The monoisotopic (exact) mass is 475 g/mol. The van der Waals surface area contributed by atoms with Gasteiger partial charge in [-0.15, -0.1) is 0 Å². The first-order chi connectivity index (χ1) is 17.0. The smallest absolute Gasteiger partial charge is 0.329 e. The number of nitrogens with zero attached hydrogens (tertiary/aromatic N) is 3. The van der Waals surface area contributed by atoms with E-state index in [1.807, 2.05) is 18.2 Å². The zero-order chi connectivity index (χ0) is 24.5. The highest BCUT2D eigenvalue weighted by atomic mass is 16.4. The predicted molar refractivity (Wildman–Crippen MR) is 132 cm³/mol. The highest BCUT2D eigenvalue weighted by Gasteiger charge is 2.29. The van der Waals surface area contributed by atoms with Gasteiger partial charge in [0.15, 0.2) is 0 Å². The molecule has 2 N–H and O–H groups in total. The number of aliphatic hydroxyl groups is 1. The van der Waals surface area contributed by atoms with E-state index in [0.29, 0.717) is 29.7 Å². The molecular weight excluding hydrogens is 446 g/mol. The molecule has 1 saturated heterocycles. The quantitative estimate of drug-likeness (QED) is 0.641. The molecule has 2 heterocycles. The Labute approximate surface area is 202 Å². The Morgan fingerprint density at radius 3 is 2.74 bits per heavy atom. The Bertz CT molecular complexity index is 1360. The van der Waals surface area contributed by atoms with Crippen molar-refractivity contribution < 1.29 is 19.8 Å². The van der Waals surface area contributed by atoms with E-state index in [0.717, 1.165) is 24.8 Å². The van der Waals surface area contributed by atoms with E-state index in [4.69, 9.17) is 0 Å². The molecule has 1 aromatic heterocycles. The Morgan fingerprint density at radius 2 is 1.94 bits per heavy atom. The first-order valence-corrected chi connectivity index (χ1v) is 12.1. The van der Waals surface area contributed by atoms with Gasteiger partial charge in [-0.3, -0.25) is 18.7 Å². The Balaban J connectivity index is 1.54. The molecule has 182 valence electrons. The van der Waals surface area contributed by atoms with E-state index in [9.17, 15) is 24.6 Å². The fourth-order valence-electron chi connectivity index (χ4n) is 5.42. The average Bonchev–Trinajstić information content (AvgIpc) is 3.45. The summed E-state index contributed by atoms with van der Waals surface area (Å²) in [7, 11) is 0. The van der Waals surface area contributed by atoms with Crippen LogP contribution in [0.1, 0.15) is 36.0 Å². The summed E-state index contributed by atoms with van der Waals surface area (Å²) in [6.45, 7) is 0.919. The van der Waals surface area contributed by atoms with Gasteiger partial charge in [-0.25, -0.2) is 4.79 Å². The maximum absolute atomic E-state index is 13.5. The van der Waals surface area contributed by atoms with E-state index in [2.05, 4.69) is 18.2 Å². The number of aryl methyl sites for hydroxylation is 1. The number of aliphatic hydroxyl groups excluding tert-OH is 1. The second-order valence-corrected chi connectivity index (χ2v) is 9.33. The number of carboxylic acid groups (broad SMARTS) is 1. The number of allylic oxidation sites excluding steroid dienone is 8. The first kappa shape index (κ1) is 23.1. The Hall–Kier alpha value is -3.65. The van der Waals surface area contributed by atoms with E-state index >= 15 is 0 Å². The number of rotatable bonds is 7. The van der Waals surface area contributed by atoms with E-state index in [1.165, 1.54) is 10.1 Å². The zero-order valence-corrected chi connectivity index (χ0v) is 19.5. The molecule has 1 aliphatic heterocycles. The number of imidazole rings is 1. The second-order valence-electron chi connectivity index (χ2n) is 9.33. The minimum atomic E-state index is -0.989. The summed E-state index contributed by atoms with van der Waals surface area (Å²) in [6.07, 6.45) is 14.7. The van der Waals surface area contributed by atoms with Gasteiger partial charge in [-0.05, 0) is 48.6 Å². The summed E-state index contributed by atoms with van der Waals surface area (Å²) >= 11 is 0. The molecule has 0 bridgehead atoms. The molecule has 2 aromatic rings. The molecule has 35 heavy (non-hydrogen) atoms. The van der Waals surface area contributed by atoms with Gasteiger partial charge in [-0.2, -0.15) is 0 Å². The standard InChI is InChI=1S/C27H29N3O5/c31-17-21-8-4-13-28(21)26(34)19-10-11-23-24(15-19)29(14-12-25(32)33)27(35)30(23)16-20-7-3-6-18-5-1-2-9-22(18)20/h1-3,5-7,10-11,15,21-22,31H,4,8-9,12-14,16-17H2,(H,32,33). The molecule has 0 radical (unpaired) electrons. The summed E-state index contributed by atoms with van der Waals surface area (Å²) in [6, 6.07) is 4.99. The summed E-state index contributed by atoms with van der Waals surface area (Å²) in [5.41, 5.74) is 3.70. The lowest BCUT2D eigenvalue weighted by atomic mass is 9.82. The number of carbonyl (C=O) groups is 2. The lowest BCUT2D eigenvalue weighted by Crippen LogP contribution is -2.37. The van der Waals surface area contributed by atoms with Crippen molar-refractivity contribution in [2.75, 3.05) is 13.2 Å². The van der Waals surface area contributed by atoms with Crippen molar-refractivity contribution in [1.29, 1.82) is 0 Å². The number of fused-ring (bicyclic) bond motifs is 2. The van der Waals surface area contributed by atoms with Crippen molar-refractivity contribution in [1.82, 2.24) is 14.0 Å². The summed E-state index contributed by atoms with van der Waals surface area (Å²) in [5, 5.41) is 18.9. The maximum atomic E-state index is 13.5. The molecule has 8 nitrogen and oxygen atoms in total. The molecular formula is C27H29N3O5. The van der Waals surface area contributed by atoms with Gasteiger partial charge in [0.2, 0.25) is 0 Å². The van der Waals surface area contributed by atoms with Crippen LogP contribution in [-0.2, 0) is 17.9 Å². The molecule has 2 aliphatic carbocycles. The highest BCUT2D eigenvalue weighted by Crippen LogP contribution is 2.33. The number of amides is 1. The van der Waals surface area contributed by atoms with Crippen LogP contribution in [0.3, 0.4) is 0 Å². The summed E-state index contributed by atoms with van der Waals surface area (Å²) < 4.78 is 3.14. The highest BCUT2D eigenvalue weighted by molar-refractivity contribution is 5.98. The maximum Gasteiger partial charge on any atom is 0.329 e. The van der Waals surface area contributed by atoms with Crippen LogP contribution >= 0.6 is 0 Å². The SMILES string of the molecule is O=C(O)CCn1c(=O)n(CC2=CC=CC3=CC=CCC32)c2ccc(C(=O)N3CCCC3CO)cc21. The van der Waals surface area contributed by atoms with Crippen LogP contribution in [-0.4, -0.2) is 55.3 Å². The van der Waals surface area contributed by atoms with Crippen LogP contribution < -0.4 is 5.69 Å². The zero-order valence-electron chi connectivity index (χ0n) is 19.5. The second kappa shape index (κ2) is 9.54. The van der Waals surface area contributed by atoms with Gasteiger partial charge in [0.25, 0.3) is 5.91 Å². The normalized spacial score (nSPS) is 21.2. The van der Waals surface area contributed by atoms with Gasteiger partial charge >= 0.3 is 11.7 Å². The third kappa shape index (κ3) is 4.30. The van der Waals surface area contributed by atoms with Crippen molar-refractivity contribution in [3.63, 3.8) is 0 Å². The Morgan fingerprint density at radius 1 is 1.09 bits per heavy atom. The largest absolute Gasteiger partial charge is 0.481 e. The van der Waals surface area contributed by atoms with Gasteiger partial charge in [0, 0.05) is 31.1 Å². The van der Waals surface area contributed by atoms with Crippen molar-refractivity contribution in [2.24, 2.45) is 5.92 Å². The molecule has 3 aliphatic rings.